The van der Waals surface area contributed by atoms with Crippen LogP contribution in [0.4, 0.5) is 8.78 Å². The van der Waals surface area contributed by atoms with E-state index in [1.165, 1.54) is 18.3 Å². The third-order valence-corrected chi connectivity index (χ3v) is 8.20. The molecule has 5 aromatic heterocycles. The monoisotopic (exact) mass is 651 g/mol. The summed E-state index contributed by atoms with van der Waals surface area (Å²) in [6.45, 7) is 1.13. The number of imidazole rings is 1. The summed E-state index contributed by atoms with van der Waals surface area (Å²) in [5, 5.41) is 10.7. The van der Waals surface area contributed by atoms with Crippen molar-refractivity contribution >= 4 is 32.1 Å². The van der Waals surface area contributed by atoms with Crippen molar-refractivity contribution in [1.82, 2.24) is 45.2 Å². The van der Waals surface area contributed by atoms with Crippen molar-refractivity contribution in [3.8, 4) is 33.9 Å². The van der Waals surface area contributed by atoms with Crippen molar-refractivity contribution < 1.29 is 17.2 Å². The van der Waals surface area contributed by atoms with Crippen molar-refractivity contribution in [2.24, 2.45) is 0 Å². The van der Waals surface area contributed by atoms with Crippen LogP contribution in [-0.2, 0) is 29.7 Å². The van der Waals surface area contributed by atoms with Gasteiger partial charge in [0.2, 0.25) is 10.0 Å². The van der Waals surface area contributed by atoms with E-state index < -0.39 is 21.7 Å². The Hall–Kier alpha value is -5.44. The molecule has 14 heteroatoms. The molecular formula is C33H27F2N9O2S. The highest BCUT2D eigenvalue weighted by Crippen LogP contribution is 2.34. The van der Waals surface area contributed by atoms with Crippen molar-refractivity contribution in [2.75, 3.05) is 6.26 Å². The maximum absolute atomic E-state index is 16.3. The number of pyridine rings is 3. The quantitative estimate of drug-likeness (QED) is 0.157. The number of hydrogen-bond acceptors (Lipinski definition) is 8. The van der Waals surface area contributed by atoms with E-state index in [4.69, 9.17) is 4.98 Å². The topological polar surface area (TPSA) is 154 Å². The van der Waals surface area contributed by atoms with Crippen LogP contribution in [0, 0.1) is 11.6 Å². The fourth-order valence-electron chi connectivity index (χ4n) is 5.39. The van der Waals surface area contributed by atoms with Gasteiger partial charge in [0, 0.05) is 49.4 Å². The lowest BCUT2D eigenvalue weighted by Gasteiger charge is -2.08. The Bertz CT molecular complexity index is 2360. The normalized spacial score (nSPS) is 11.9. The van der Waals surface area contributed by atoms with Crippen LogP contribution < -0.4 is 10.0 Å². The van der Waals surface area contributed by atoms with Gasteiger partial charge in [0.25, 0.3) is 0 Å². The van der Waals surface area contributed by atoms with E-state index in [-0.39, 0.29) is 29.1 Å². The van der Waals surface area contributed by atoms with E-state index in [9.17, 15) is 12.8 Å². The van der Waals surface area contributed by atoms with E-state index in [1.807, 2.05) is 36.4 Å². The van der Waals surface area contributed by atoms with Crippen LogP contribution in [0.3, 0.4) is 0 Å². The molecule has 7 rings (SSSR count). The molecule has 0 amide bonds. The summed E-state index contributed by atoms with van der Waals surface area (Å²) in [7, 11) is -3.48. The number of nitrogens with zero attached hydrogens (tertiary/aromatic N) is 5. The predicted octanol–water partition coefficient (Wildman–Crippen LogP) is 5.24. The Morgan fingerprint density at radius 2 is 1.64 bits per heavy atom. The van der Waals surface area contributed by atoms with Gasteiger partial charge in [-0.3, -0.25) is 15.1 Å². The second-order valence-corrected chi connectivity index (χ2v) is 12.9. The molecule has 236 valence electrons. The van der Waals surface area contributed by atoms with Crippen LogP contribution in [0.25, 0.3) is 56.0 Å². The van der Waals surface area contributed by atoms with Gasteiger partial charge in [0.15, 0.2) is 17.3 Å². The van der Waals surface area contributed by atoms with Crippen molar-refractivity contribution in [3.05, 3.63) is 114 Å². The molecule has 0 saturated carbocycles. The molecule has 0 spiro atoms. The van der Waals surface area contributed by atoms with Crippen LogP contribution in [0.1, 0.15) is 16.7 Å². The van der Waals surface area contributed by atoms with Gasteiger partial charge in [-0.15, -0.1) is 0 Å². The lowest BCUT2D eigenvalue weighted by molar-refractivity contribution is 0.586. The Morgan fingerprint density at radius 3 is 2.47 bits per heavy atom. The number of fused-ring (bicyclic) bond motifs is 2. The minimum atomic E-state index is -3.48. The highest BCUT2D eigenvalue weighted by atomic mass is 32.2. The van der Waals surface area contributed by atoms with Gasteiger partial charge in [-0.1, -0.05) is 30.3 Å². The smallest absolute Gasteiger partial charge is 0.209 e. The standard InChI is InChI=1S/C33H27F2N9O2S/c1-47(45,46)40-16-20-9-22(12-24(34)11-20)25-7-8-38-32-30(25)41-33(42-32)31-27-26(43-44-31)18-39-29(28(27)35)23-10-21(15-37-17-23)14-36-13-19-5-3-2-4-6-19/h2-12,15,17-18,36,40H,13-14,16H2,1H3,(H,43,44)(H,38,41,42). The predicted molar refractivity (Wildman–Crippen MR) is 174 cm³/mol. The largest absolute Gasteiger partial charge is 0.321 e. The molecule has 0 aliphatic rings. The zero-order chi connectivity index (χ0) is 32.5. The first-order valence-electron chi connectivity index (χ1n) is 14.5. The molecule has 5 heterocycles. The molecule has 0 aliphatic carbocycles. The molecule has 4 N–H and O–H groups in total. The second-order valence-electron chi connectivity index (χ2n) is 11.0. The number of halogens is 2. The van der Waals surface area contributed by atoms with Crippen LogP contribution in [0.15, 0.2) is 85.5 Å². The molecule has 0 fully saturated rings. The SMILES string of the molecule is CS(=O)(=O)NCc1cc(F)cc(-c2ccnc3[nH]c(-c4n[nH]c5cnc(-c6cncc(CNCc7ccccc7)c6)c(F)c45)nc23)c1. The zero-order valence-corrected chi connectivity index (χ0v) is 25.7. The maximum atomic E-state index is 16.3. The summed E-state index contributed by atoms with van der Waals surface area (Å²) >= 11 is 0. The summed E-state index contributed by atoms with van der Waals surface area (Å²) in [6, 6.07) is 17.8. The third-order valence-electron chi connectivity index (χ3n) is 7.53. The van der Waals surface area contributed by atoms with Gasteiger partial charge < -0.3 is 10.3 Å². The zero-order valence-electron chi connectivity index (χ0n) is 24.9. The van der Waals surface area contributed by atoms with Crippen molar-refractivity contribution in [2.45, 2.75) is 19.6 Å². The molecule has 7 aromatic rings. The number of aromatic nitrogens is 7. The van der Waals surface area contributed by atoms with Gasteiger partial charge in [-0.05, 0) is 52.6 Å². The Balaban J connectivity index is 1.22. The van der Waals surface area contributed by atoms with E-state index in [1.54, 1.807) is 30.7 Å². The number of nitrogens with one attached hydrogen (secondary N) is 4. The van der Waals surface area contributed by atoms with Crippen LogP contribution in [0.2, 0.25) is 0 Å². The van der Waals surface area contributed by atoms with E-state index >= 15 is 4.39 Å². The second kappa shape index (κ2) is 12.4. The fraction of sp³-hybridized carbons (Fsp3) is 0.121. The highest BCUT2D eigenvalue weighted by Gasteiger charge is 2.22. The minimum absolute atomic E-state index is 0.0822. The molecule has 0 bridgehead atoms. The maximum Gasteiger partial charge on any atom is 0.209 e. The number of hydrogen-bond donors (Lipinski definition) is 4. The van der Waals surface area contributed by atoms with E-state index in [0.717, 1.165) is 17.4 Å². The Kier molecular flexibility index (Phi) is 7.97. The number of benzene rings is 2. The molecule has 47 heavy (non-hydrogen) atoms. The summed E-state index contributed by atoms with van der Waals surface area (Å²) in [5.74, 6) is -0.890. The molecule has 11 nitrogen and oxygen atoms in total. The van der Waals surface area contributed by atoms with Crippen molar-refractivity contribution in [3.63, 3.8) is 0 Å². The molecule has 0 radical (unpaired) electrons. The first-order chi connectivity index (χ1) is 22.7. The Morgan fingerprint density at radius 1 is 0.830 bits per heavy atom. The summed E-state index contributed by atoms with van der Waals surface area (Å²) in [5.41, 5.74) is 5.46. The van der Waals surface area contributed by atoms with E-state index in [0.29, 0.717) is 52.0 Å². The molecule has 0 atom stereocenters. The van der Waals surface area contributed by atoms with Gasteiger partial charge >= 0.3 is 0 Å². The van der Waals surface area contributed by atoms with Gasteiger partial charge in [-0.2, -0.15) is 5.10 Å². The number of H-pyrrole nitrogens is 2. The number of sulfonamides is 1. The average Bonchev–Trinajstić information content (AvgIpc) is 3.69. The van der Waals surface area contributed by atoms with Crippen LogP contribution in [0.5, 0.6) is 0 Å². The summed E-state index contributed by atoms with van der Waals surface area (Å²) in [6.07, 6.45) is 7.37. The van der Waals surface area contributed by atoms with E-state index in [2.05, 4.69) is 40.2 Å². The lowest BCUT2D eigenvalue weighted by Crippen LogP contribution is -2.21. The summed E-state index contributed by atoms with van der Waals surface area (Å²) < 4.78 is 56.4. The highest BCUT2D eigenvalue weighted by molar-refractivity contribution is 7.88. The van der Waals surface area contributed by atoms with Crippen LogP contribution >= 0.6 is 0 Å². The summed E-state index contributed by atoms with van der Waals surface area (Å²) in [4.78, 5) is 20.9. The average molecular weight is 652 g/mol. The third kappa shape index (κ3) is 6.47. The fourth-order valence-corrected chi connectivity index (χ4v) is 5.82. The molecule has 0 unspecified atom stereocenters. The van der Waals surface area contributed by atoms with Crippen molar-refractivity contribution in [1.29, 1.82) is 0 Å². The van der Waals surface area contributed by atoms with Gasteiger partial charge in [0.1, 0.15) is 22.7 Å². The molecule has 0 aliphatic heterocycles. The first-order valence-corrected chi connectivity index (χ1v) is 16.4. The minimum Gasteiger partial charge on any atom is -0.321 e. The molecule has 2 aromatic carbocycles. The lowest BCUT2D eigenvalue weighted by atomic mass is 10.0. The molecular weight excluding hydrogens is 624 g/mol. The van der Waals surface area contributed by atoms with Crippen LogP contribution in [-0.4, -0.2) is 49.8 Å². The van der Waals surface area contributed by atoms with Gasteiger partial charge in [0.05, 0.1) is 23.4 Å². The number of aromatic amines is 2. The van der Waals surface area contributed by atoms with Gasteiger partial charge in [-0.25, -0.2) is 31.9 Å². The number of rotatable bonds is 10. The first kappa shape index (κ1) is 30.2. The molecule has 0 saturated heterocycles. The Labute approximate surface area is 267 Å².